The second-order valence-corrected chi connectivity index (χ2v) is 8.78. The molecule has 7 nitrogen and oxygen atoms in total. The van der Waals surface area contributed by atoms with Gasteiger partial charge in [-0.15, -0.1) is 0 Å². The minimum absolute atomic E-state index is 0.0772. The van der Waals surface area contributed by atoms with Gasteiger partial charge >= 0.3 is 5.63 Å². The molecule has 4 rings (SSSR count). The van der Waals surface area contributed by atoms with Crippen molar-refractivity contribution in [2.75, 3.05) is 19.8 Å². The van der Waals surface area contributed by atoms with Crippen LogP contribution in [0.25, 0.3) is 11.0 Å². The summed E-state index contributed by atoms with van der Waals surface area (Å²) in [5.41, 5.74) is 2.01. The molecule has 0 bridgehead atoms. The molecule has 1 atom stereocenters. The molecule has 1 fully saturated rings. The number of carbonyl (C=O) groups is 1. The SMILES string of the molecule is Cc1c(C)c2c(OCC(=O)NC[C@H]3CCCO3)cc3c(c2oc1=O)CCC(C)(C)O3. The number of amides is 1. The predicted molar refractivity (Wildman–Crippen MR) is 112 cm³/mol. The number of fused-ring (bicyclic) bond motifs is 3. The molecule has 1 aromatic carbocycles. The van der Waals surface area contributed by atoms with E-state index < -0.39 is 0 Å². The molecule has 0 radical (unpaired) electrons. The Kier molecular flexibility index (Phi) is 5.49. The molecule has 2 aliphatic heterocycles. The van der Waals surface area contributed by atoms with Crippen molar-refractivity contribution in [2.24, 2.45) is 0 Å². The van der Waals surface area contributed by atoms with Crippen molar-refractivity contribution in [1.82, 2.24) is 5.32 Å². The van der Waals surface area contributed by atoms with E-state index >= 15 is 0 Å². The van der Waals surface area contributed by atoms with Crippen LogP contribution in [0.3, 0.4) is 0 Å². The van der Waals surface area contributed by atoms with Gasteiger partial charge < -0.3 is 23.9 Å². The van der Waals surface area contributed by atoms with Crippen molar-refractivity contribution in [1.29, 1.82) is 0 Å². The predicted octanol–water partition coefficient (Wildman–Crippen LogP) is 3.19. The number of ether oxygens (including phenoxy) is 3. The normalized spacial score (nSPS) is 19.9. The summed E-state index contributed by atoms with van der Waals surface area (Å²) >= 11 is 0. The van der Waals surface area contributed by atoms with Crippen molar-refractivity contribution < 1.29 is 23.4 Å². The Labute approximate surface area is 175 Å². The van der Waals surface area contributed by atoms with Crippen LogP contribution in [0.15, 0.2) is 15.3 Å². The van der Waals surface area contributed by atoms with Crippen LogP contribution in [0.2, 0.25) is 0 Å². The van der Waals surface area contributed by atoms with Gasteiger partial charge in [0, 0.05) is 30.3 Å². The van der Waals surface area contributed by atoms with E-state index in [9.17, 15) is 9.59 Å². The van der Waals surface area contributed by atoms with Crippen molar-refractivity contribution in [3.63, 3.8) is 0 Å². The Hall–Kier alpha value is -2.54. The Morgan fingerprint density at radius 2 is 2.10 bits per heavy atom. The monoisotopic (exact) mass is 415 g/mol. The van der Waals surface area contributed by atoms with Gasteiger partial charge in [0.15, 0.2) is 6.61 Å². The highest BCUT2D eigenvalue weighted by molar-refractivity contribution is 5.92. The van der Waals surface area contributed by atoms with Crippen LogP contribution in [0.1, 0.15) is 49.8 Å². The second kappa shape index (κ2) is 7.95. The molecule has 2 aliphatic rings. The molecule has 2 aromatic rings. The zero-order valence-electron chi connectivity index (χ0n) is 18.1. The largest absolute Gasteiger partial charge is 0.487 e. The maximum atomic E-state index is 12.3. The molecule has 7 heteroatoms. The average molecular weight is 415 g/mol. The smallest absolute Gasteiger partial charge is 0.339 e. The maximum Gasteiger partial charge on any atom is 0.339 e. The fourth-order valence-corrected chi connectivity index (χ4v) is 4.07. The summed E-state index contributed by atoms with van der Waals surface area (Å²) in [7, 11) is 0. The fraction of sp³-hybridized carbons (Fsp3) is 0.565. The van der Waals surface area contributed by atoms with Crippen molar-refractivity contribution in [2.45, 2.75) is 65.1 Å². The van der Waals surface area contributed by atoms with Crippen molar-refractivity contribution in [3.05, 3.63) is 33.2 Å². The number of benzene rings is 1. The first-order chi connectivity index (χ1) is 14.2. The number of hydrogen-bond donors (Lipinski definition) is 1. The molecule has 162 valence electrons. The summed E-state index contributed by atoms with van der Waals surface area (Å²) in [6.07, 6.45) is 3.62. The third-order valence-corrected chi connectivity index (χ3v) is 6.02. The van der Waals surface area contributed by atoms with Gasteiger partial charge in [0.05, 0.1) is 11.5 Å². The average Bonchev–Trinajstić information content (AvgIpc) is 3.21. The lowest BCUT2D eigenvalue weighted by atomic mass is 9.92. The van der Waals surface area contributed by atoms with Gasteiger partial charge in [-0.3, -0.25) is 4.79 Å². The van der Waals surface area contributed by atoms with Crippen LogP contribution < -0.4 is 20.4 Å². The molecule has 1 saturated heterocycles. The van der Waals surface area contributed by atoms with E-state index in [1.165, 1.54) is 0 Å². The van der Waals surface area contributed by atoms with Gasteiger partial charge in [-0.25, -0.2) is 4.79 Å². The lowest BCUT2D eigenvalue weighted by Gasteiger charge is -2.33. The third-order valence-electron chi connectivity index (χ3n) is 6.02. The van der Waals surface area contributed by atoms with Crippen LogP contribution in [-0.4, -0.2) is 37.4 Å². The van der Waals surface area contributed by atoms with Gasteiger partial charge in [-0.1, -0.05) is 0 Å². The Morgan fingerprint density at radius 3 is 2.83 bits per heavy atom. The molecule has 1 aromatic heterocycles. The molecule has 30 heavy (non-hydrogen) atoms. The Bertz CT molecular complexity index is 1030. The zero-order valence-corrected chi connectivity index (χ0v) is 18.1. The highest BCUT2D eigenvalue weighted by Gasteiger charge is 2.31. The van der Waals surface area contributed by atoms with Crippen LogP contribution in [0.5, 0.6) is 11.5 Å². The molecule has 1 amide bonds. The molecular weight excluding hydrogens is 386 g/mol. The van der Waals surface area contributed by atoms with Crippen LogP contribution in [-0.2, 0) is 16.0 Å². The molecule has 0 spiro atoms. The Morgan fingerprint density at radius 1 is 1.30 bits per heavy atom. The molecular formula is C23H29NO6. The summed E-state index contributed by atoms with van der Waals surface area (Å²) in [6.45, 7) is 8.75. The number of aryl methyl sites for hydroxylation is 2. The summed E-state index contributed by atoms with van der Waals surface area (Å²) in [4.78, 5) is 24.6. The van der Waals surface area contributed by atoms with Gasteiger partial charge in [-0.05, 0) is 58.9 Å². The standard InChI is InChI=1S/C23H29NO6/c1-13-14(2)22(26)29-21-16-7-8-23(3,4)30-17(16)10-18(20(13)21)28-12-19(25)24-11-15-6-5-9-27-15/h10,15H,5-9,11-12H2,1-4H3,(H,24,25)/t15-/m1/s1. The summed E-state index contributed by atoms with van der Waals surface area (Å²) < 4.78 is 23.3. The fourth-order valence-electron chi connectivity index (χ4n) is 4.07. The molecule has 0 unspecified atom stereocenters. The van der Waals surface area contributed by atoms with E-state index in [1.807, 2.05) is 26.8 Å². The van der Waals surface area contributed by atoms with E-state index in [2.05, 4.69) is 5.32 Å². The van der Waals surface area contributed by atoms with Crippen molar-refractivity contribution >= 4 is 16.9 Å². The summed E-state index contributed by atoms with van der Waals surface area (Å²) in [5.74, 6) is 0.905. The molecule has 0 aliphatic carbocycles. The minimum Gasteiger partial charge on any atom is -0.487 e. The Balaban J connectivity index is 1.63. The number of rotatable bonds is 5. The van der Waals surface area contributed by atoms with Crippen LogP contribution >= 0.6 is 0 Å². The van der Waals surface area contributed by atoms with Crippen molar-refractivity contribution in [3.8, 4) is 11.5 Å². The van der Waals surface area contributed by atoms with E-state index in [-0.39, 0.29) is 29.8 Å². The van der Waals surface area contributed by atoms with Crippen LogP contribution in [0.4, 0.5) is 0 Å². The maximum absolute atomic E-state index is 12.3. The number of nitrogens with one attached hydrogen (secondary N) is 1. The van der Waals surface area contributed by atoms with E-state index in [0.717, 1.165) is 48.8 Å². The third kappa shape index (κ3) is 4.03. The summed E-state index contributed by atoms with van der Waals surface area (Å²) in [6, 6.07) is 1.82. The minimum atomic E-state index is -0.363. The zero-order chi connectivity index (χ0) is 21.5. The molecule has 3 heterocycles. The number of carbonyl (C=O) groups excluding carboxylic acids is 1. The first-order valence-corrected chi connectivity index (χ1v) is 10.5. The number of hydrogen-bond acceptors (Lipinski definition) is 6. The van der Waals surface area contributed by atoms with Gasteiger partial charge in [-0.2, -0.15) is 0 Å². The quantitative estimate of drug-likeness (QED) is 0.755. The van der Waals surface area contributed by atoms with Gasteiger partial charge in [0.1, 0.15) is 22.7 Å². The topological polar surface area (TPSA) is 87.0 Å². The first kappa shape index (κ1) is 20.7. The lowest BCUT2D eigenvalue weighted by molar-refractivity contribution is -0.123. The second-order valence-electron chi connectivity index (χ2n) is 8.78. The summed E-state index contributed by atoms with van der Waals surface area (Å²) in [5, 5.41) is 3.58. The molecule has 0 saturated carbocycles. The van der Waals surface area contributed by atoms with E-state index in [0.29, 0.717) is 29.2 Å². The highest BCUT2D eigenvalue weighted by Crippen LogP contribution is 2.43. The van der Waals surface area contributed by atoms with Crippen LogP contribution in [0, 0.1) is 13.8 Å². The van der Waals surface area contributed by atoms with E-state index in [1.54, 1.807) is 6.92 Å². The van der Waals surface area contributed by atoms with E-state index in [4.69, 9.17) is 18.6 Å². The highest BCUT2D eigenvalue weighted by atomic mass is 16.5. The van der Waals surface area contributed by atoms with Gasteiger partial charge in [0.2, 0.25) is 0 Å². The lowest BCUT2D eigenvalue weighted by Crippen LogP contribution is -2.35. The first-order valence-electron chi connectivity index (χ1n) is 10.5. The van der Waals surface area contributed by atoms with Gasteiger partial charge in [0.25, 0.3) is 5.91 Å². The molecule has 1 N–H and O–H groups in total.